The van der Waals surface area contributed by atoms with E-state index in [0.717, 1.165) is 0 Å². The molecule has 1 aliphatic rings. The van der Waals surface area contributed by atoms with Crippen molar-refractivity contribution in [3.8, 4) is 11.5 Å². The smallest absolute Gasteiger partial charge is 0.188 e. The number of halogens is 1. The number of aliphatic hydroxyl groups is 1. The predicted molar refractivity (Wildman–Crippen MR) is 60.0 cm³/mol. The number of hydrogen-bond donors (Lipinski definition) is 3. The van der Waals surface area contributed by atoms with Crippen LogP contribution in [-0.2, 0) is 0 Å². The van der Waals surface area contributed by atoms with Gasteiger partial charge in [0.05, 0.1) is 18.0 Å². The SMILES string of the molecule is Nc1cc(Br)c(N)c2c1OCC(CO)O2. The lowest BCUT2D eigenvalue weighted by molar-refractivity contribution is 0.0469. The molecule has 15 heavy (non-hydrogen) atoms. The van der Waals surface area contributed by atoms with E-state index >= 15 is 0 Å². The van der Waals surface area contributed by atoms with Crippen LogP contribution in [0.2, 0.25) is 0 Å². The summed E-state index contributed by atoms with van der Waals surface area (Å²) in [5, 5.41) is 8.96. The van der Waals surface area contributed by atoms with E-state index in [2.05, 4.69) is 15.9 Å². The Morgan fingerprint density at radius 3 is 2.87 bits per heavy atom. The fourth-order valence-electron chi connectivity index (χ4n) is 1.37. The molecule has 82 valence electrons. The number of anilines is 2. The standard InChI is InChI=1S/C9H11BrN2O3/c10-5-1-6(11)8-9(7(5)12)15-4(2-13)3-14-8/h1,4,13H,2-3,11-12H2. The highest BCUT2D eigenvalue weighted by Crippen LogP contribution is 2.45. The lowest BCUT2D eigenvalue weighted by Gasteiger charge is -2.27. The minimum absolute atomic E-state index is 0.120. The zero-order valence-electron chi connectivity index (χ0n) is 7.87. The molecular weight excluding hydrogens is 264 g/mol. The van der Waals surface area contributed by atoms with Crippen molar-refractivity contribution in [3.63, 3.8) is 0 Å². The molecule has 0 radical (unpaired) electrons. The van der Waals surface area contributed by atoms with Crippen LogP contribution in [0, 0.1) is 0 Å². The molecule has 0 aliphatic carbocycles. The zero-order valence-corrected chi connectivity index (χ0v) is 9.45. The maximum absolute atomic E-state index is 8.96. The Bertz CT molecular complexity index is 397. The summed E-state index contributed by atoms with van der Waals surface area (Å²) >= 11 is 3.26. The largest absolute Gasteiger partial charge is 0.484 e. The second kappa shape index (κ2) is 3.79. The van der Waals surface area contributed by atoms with E-state index in [9.17, 15) is 0 Å². The van der Waals surface area contributed by atoms with Gasteiger partial charge in [-0.15, -0.1) is 0 Å². The molecule has 5 N–H and O–H groups in total. The number of benzene rings is 1. The molecule has 0 spiro atoms. The number of ether oxygens (including phenoxy) is 2. The second-order valence-electron chi connectivity index (χ2n) is 3.25. The first-order chi connectivity index (χ1) is 7.13. The Balaban J connectivity index is 2.48. The Hall–Kier alpha value is -1.14. The van der Waals surface area contributed by atoms with Crippen LogP contribution in [0.3, 0.4) is 0 Å². The highest BCUT2D eigenvalue weighted by atomic mass is 79.9. The third-order valence-corrected chi connectivity index (χ3v) is 2.81. The van der Waals surface area contributed by atoms with Gasteiger partial charge in [0.1, 0.15) is 6.61 Å². The first-order valence-electron chi connectivity index (χ1n) is 4.41. The van der Waals surface area contributed by atoms with E-state index in [1.54, 1.807) is 6.07 Å². The molecule has 1 aromatic carbocycles. The highest BCUT2D eigenvalue weighted by Gasteiger charge is 2.25. The summed E-state index contributed by atoms with van der Waals surface area (Å²) in [5.41, 5.74) is 12.4. The molecule has 1 aromatic rings. The first kappa shape index (κ1) is 10.4. The molecule has 0 aromatic heterocycles. The van der Waals surface area contributed by atoms with Crippen LogP contribution in [0.15, 0.2) is 10.5 Å². The molecule has 0 amide bonds. The van der Waals surface area contributed by atoms with Gasteiger partial charge in [0.15, 0.2) is 17.6 Å². The minimum atomic E-state index is -0.395. The lowest BCUT2D eigenvalue weighted by Crippen LogP contribution is -2.33. The van der Waals surface area contributed by atoms with E-state index in [4.69, 9.17) is 26.0 Å². The van der Waals surface area contributed by atoms with Gasteiger partial charge in [-0.3, -0.25) is 0 Å². The van der Waals surface area contributed by atoms with E-state index in [1.807, 2.05) is 0 Å². The molecule has 1 unspecified atom stereocenters. The van der Waals surface area contributed by atoms with Gasteiger partial charge in [0.2, 0.25) is 0 Å². The van der Waals surface area contributed by atoms with E-state index in [1.165, 1.54) is 0 Å². The number of fused-ring (bicyclic) bond motifs is 1. The predicted octanol–water partition coefficient (Wildman–Crippen LogP) is 0.746. The van der Waals surface area contributed by atoms with Crippen molar-refractivity contribution in [1.29, 1.82) is 0 Å². The van der Waals surface area contributed by atoms with Crippen LogP contribution in [0.5, 0.6) is 11.5 Å². The number of aliphatic hydroxyl groups excluding tert-OH is 1. The maximum atomic E-state index is 8.96. The van der Waals surface area contributed by atoms with Crippen molar-refractivity contribution in [2.24, 2.45) is 0 Å². The average molecular weight is 275 g/mol. The minimum Gasteiger partial charge on any atom is -0.484 e. The van der Waals surface area contributed by atoms with Crippen LogP contribution in [0.25, 0.3) is 0 Å². The summed E-state index contributed by atoms with van der Waals surface area (Å²) in [6.07, 6.45) is -0.395. The van der Waals surface area contributed by atoms with Crippen molar-refractivity contribution in [1.82, 2.24) is 0 Å². The van der Waals surface area contributed by atoms with Gasteiger partial charge in [0, 0.05) is 4.47 Å². The Labute approximate surface area is 95.1 Å². The quantitative estimate of drug-likeness (QED) is 0.658. The Morgan fingerprint density at radius 1 is 1.47 bits per heavy atom. The number of hydrogen-bond acceptors (Lipinski definition) is 5. The summed E-state index contributed by atoms with van der Waals surface area (Å²) in [7, 11) is 0. The molecular formula is C9H11BrN2O3. The normalized spacial score (nSPS) is 18.9. The van der Waals surface area contributed by atoms with Crippen LogP contribution in [0.4, 0.5) is 11.4 Å². The molecule has 1 heterocycles. The monoisotopic (exact) mass is 274 g/mol. The van der Waals surface area contributed by atoms with Gasteiger partial charge < -0.3 is 26.0 Å². The summed E-state index contributed by atoms with van der Waals surface area (Å²) in [6, 6.07) is 1.66. The fourth-order valence-corrected chi connectivity index (χ4v) is 1.80. The van der Waals surface area contributed by atoms with Crippen molar-refractivity contribution in [2.45, 2.75) is 6.10 Å². The summed E-state index contributed by atoms with van der Waals surface area (Å²) in [4.78, 5) is 0. The van der Waals surface area contributed by atoms with Crippen LogP contribution < -0.4 is 20.9 Å². The molecule has 0 bridgehead atoms. The topological polar surface area (TPSA) is 90.7 Å². The van der Waals surface area contributed by atoms with Crippen LogP contribution in [-0.4, -0.2) is 24.4 Å². The van der Waals surface area contributed by atoms with Crippen molar-refractivity contribution in [3.05, 3.63) is 10.5 Å². The number of rotatable bonds is 1. The number of nitrogen functional groups attached to an aromatic ring is 2. The molecule has 1 aliphatic heterocycles. The summed E-state index contributed by atoms with van der Waals surface area (Å²) in [5.74, 6) is 0.840. The third-order valence-electron chi connectivity index (χ3n) is 2.15. The lowest BCUT2D eigenvalue weighted by atomic mass is 10.2. The molecule has 5 nitrogen and oxygen atoms in total. The van der Waals surface area contributed by atoms with E-state index < -0.39 is 6.10 Å². The third kappa shape index (κ3) is 1.70. The maximum Gasteiger partial charge on any atom is 0.188 e. The molecule has 0 saturated heterocycles. The van der Waals surface area contributed by atoms with Crippen LogP contribution >= 0.6 is 15.9 Å². The molecule has 6 heteroatoms. The molecule has 0 saturated carbocycles. The summed E-state index contributed by atoms with van der Waals surface area (Å²) in [6.45, 7) is 0.153. The van der Waals surface area contributed by atoms with Crippen molar-refractivity contribution >= 4 is 27.3 Å². The van der Waals surface area contributed by atoms with E-state index in [-0.39, 0.29) is 13.2 Å². The molecule has 0 fully saturated rings. The van der Waals surface area contributed by atoms with Gasteiger partial charge >= 0.3 is 0 Å². The fraction of sp³-hybridized carbons (Fsp3) is 0.333. The van der Waals surface area contributed by atoms with Crippen molar-refractivity contribution < 1.29 is 14.6 Å². The van der Waals surface area contributed by atoms with Gasteiger partial charge in [-0.05, 0) is 22.0 Å². The molecule has 1 atom stereocenters. The van der Waals surface area contributed by atoms with Gasteiger partial charge in [-0.1, -0.05) is 0 Å². The highest BCUT2D eigenvalue weighted by molar-refractivity contribution is 9.10. The average Bonchev–Trinajstić information content (AvgIpc) is 2.25. The van der Waals surface area contributed by atoms with Gasteiger partial charge in [-0.2, -0.15) is 0 Å². The zero-order chi connectivity index (χ0) is 11.0. The van der Waals surface area contributed by atoms with Gasteiger partial charge in [0.25, 0.3) is 0 Å². The Kier molecular flexibility index (Phi) is 2.62. The first-order valence-corrected chi connectivity index (χ1v) is 5.20. The Morgan fingerprint density at radius 2 is 2.20 bits per heavy atom. The number of nitrogens with two attached hydrogens (primary N) is 2. The molecule has 2 rings (SSSR count). The second-order valence-corrected chi connectivity index (χ2v) is 4.11. The van der Waals surface area contributed by atoms with Gasteiger partial charge in [-0.25, -0.2) is 0 Å². The van der Waals surface area contributed by atoms with E-state index in [0.29, 0.717) is 27.3 Å². The van der Waals surface area contributed by atoms with Crippen LogP contribution in [0.1, 0.15) is 0 Å². The van der Waals surface area contributed by atoms with Crippen molar-refractivity contribution in [2.75, 3.05) is 24.7 Å². The summed E-state index contributed by atoms with van der Waals surface area (Å²) < 4.78 is 11.5.